The maximum atomic E-state index is 13.4. The van der Waals surface area contributed by atoms with E-state index in [-0.39, 0.29) is 11.9 Å². The van der Waals surface area contributed by atoms with Crippen LogP contribution in [-0.2, 0) is 6.42 Å². The molecule has 0 radical (unpaired) electrons. The topological polar surface area (TPSA) is 12.0 Å². The van der Waals surface area contributed by atoms with Crippen LogP contribution < -0.4 is 5.32 Å². The molecule has 3 rings (SSSR count). The monoisotopic (exact) mass is 407 g/mol. The smallest absolute Gasteiger partial charge is 0.126 e. The molecule has 1 aromatic heterocycles. The van der Waals surface area contributed by atoms with Gasteiger partial charge in [-0.25, -0.2) is 4.39 Å². The molecule has 5 heteroatoms. The highest BCUT2D eigenvalue weighted by Gasteiger charge is 2.22. The number of thiophene rings is 1. The maximum absolute atomic E-state index is 13.4. The molecule has 0 saturated heterocycles. The zero-order valence-electron chi connectivity index (χ0n) is 10.1. The molecule has 1 N–H and O–H groups in total. The molecule has 1 aromatic carbocycles. The number of halogens is 3. The fraction of sp³-hybridized carbons (Fsp3) is 0.286. The Labute approximate surface area is 134 Å². The van der Waals surface area contributed by atoms with Crippen LogP contribution >= 0.6 is 45.5 Å². The van der Waals surface area contributed by atoms with Crippen LogP contribution in [0.2, 0.25) is 5.02 Å². The molecule has 19 heavy (non-hydrogen) atoms. The number of aryl methyl sites for hydroxylation is 1. The molecule has 0 bridgehead atoms. The van der Waals surface area contributed by atoms with E-state index in [1.54, 1.807) is 6.07 Å². The average molecular weight is 408 g/mol. The maximum Gasteiger partial charge on any atom is 0.126 e. The summed E-state index contributed by atoms with van der Waals surface area (Å²) in [5.41, 5.74) is 2.12. The van der Waals surface area contributed by atoms with Crippen molar-refractivity contribution in [3.8, 4) is 0 Å². The highest BCUT2D eigenvalue weighted by Crippen LogP contribution is 2.38. The van der Waals surface area contributed by atoms with Gasteiger partial charge in [0, 0.05) is 15.6 Å². The molecule has 0 aliphatic heterocycles. The van der Waals surface area contributed by atoms with Gasteiger partial charge in [-0.2, -0.15) is 0 Å². The van der Waals surface area contributed by atoms with Gasteiger partial charge in [0.05, 0.1) is 8.93 Å². The molecule has 2 aromatic rings. The van der Waals surface area contributed by atoms with Crippen molar-refractivity contribution >= 4 is 51.2 Å². The molecule has 0 spiro atoms. The molecule has 1 heterocycles. The van der Waals surface area contributed by atoms with Crippen LogP contribution in [0.25, 0.3) is 0 Å². The van der Waals surface area contributed by atoms with Crippen molar-refractivity contribution in [2.45, 2.75) is 25.3 Å². The van der Waals surface area contributed by atoms with E-state index in [1.807, 2.05) is 11.3 Å². The standard InChI is InChI=1S/C14H12ClFINS/c15-8-4-9(16)6-10(5-8)18-12-2-1-3-13-11(12)7-14(17)19-13/h4-7,12,18H,1-3H2. The number of anilines is 1. The van der Waals surface area contributed by atoms with Crippen LogP contribution in [0, 0.1) is 8.70 Å². The van der Waals surface area contributed by atoms with Gasteiger partial charge in [0.15, 0.2) is 0 Å². The second kappa shape index (κ2) is 5.58. The van der Waals surface area contributed by atoms with Crippen molar-refractivity contribution in [1.82, 2.24) is 0 Å². The van der Waals surface area contributed by atoms with Gasteiger partial charge < -0.3 is 5.32 Å². The second-order valence-corrected chi connectivity index (χ2v) is 8.14. The van der Waals surface area contributed by atoms with Gasteiger partial charge in [-0.15, -0.1) is 11.3 Å². The van der Waals surface area contributed by atoms with Crippen LogP contribution in [0.5, 0.6) is 0 Å². The Morgan fingerprint density at radius 3 is 2.95 bits per heavy atom. The minimum absolute atomic E-state index is 0.265. The van der Waals surface area contributed by atoms with Crippen LogP contribution in [-0.4, -0.2) is 0 Å². The predicted octanol–water partition coefficient (Wildman–Crippen LogP) is 5.63. The summed E-state index contributed by atoms with van der Waals surface area (Å²) >= 11 is 10.1. The Hall–Kier alpha value is -0.330. The van der Waals surface area contributed by atoms with E-state index in [1.165, 1.54) is 31.9 Å². The molecule has 0 fully saturated rings. The summed E-state index contributed by atoms with van der Waals surface area (Å²) in [6, 6.07) is 7.10. The summed E-state index contributed by atoms with van der Waals surface area (Å²) in [4.78, 5) is 1.45. The third-order valence-corrected chi connectivity index (χ3v) is 5.48. The highest BCUT2D eigenvalue weighted by atomic mass is 127. The number of hydrogen-bond donors (Lipinski definition) is 1. The molecule has 0 saturated carbocycles. The van der Waals surface area contributed by atoms with Crippen LogP contribution in [0.1, 0.15) is 29.3 Å². The zero-order valence-corrected chi connectivity index (χ0v) is 13.8. The van der Waals surface area contributed by atoms with Gasteiger partial charge in [-0.05, 0) is 71.7 Å². The second-order valence-electron chi connectivity index (χ2n) is 4.68. The molecule has 1 aliphatic carbocycles. The lowest BCUT2D eigenvalue weighted by molar-refractivity contribution is 0.605. The molecule has 1 nitrogen and oxygen atoms in total. The normalized spacial score (nSPS) is 18.2. The van der Waals surface area contributed by atoms with Crippen molar-refractivity contribution in [3.63, 3.8) is 0 Å². The van der Waals surface area contributed by atoms with Crippen LogP contribution in [0.4, 0.5) is 10.1 Å². The Balaban J connectivity index is 1.88. The molecule has 1 atom stereocenters. The first-order chi connectivity index (χ1) is 9.11. The van der Waals surface area contributed by atoms with Gasteiger partial charge in [0.1, 0.15) is 5.82 Å². The number of benzene rings is 1. The first-order valence-corrected chi connectivity index (χ1v) is 8.40. The minimum atomic E-state index is -0.300. The first kappa shape index (κ1) is 13.6. The fourth-order valence-electron chi connectivity index (χ4n) is 2.51. The van der Waals surface area contributed by atoms with Gasteiger partial charge >= 0.3 is 0 Å². The number of rotatable bonds is 2. The van der Waals surface area contributed by atoms with Crippen molar-refractivity contribution in [2.24, 2.45) is 0 Å². The van der Waals surface area contributed by atoms with Gasteiger partial charge in [-0.1, -0.05) is 11.6 Å². The van der Waals surface area contributed by atoms with E-state index >= 15 is 0 Å². The highest BCUT2D eigenvalue weighted by molar-refractivity contribution is 14.1. The molecule has 1 unspecified atom stereocenters. The molecule has 0 amide bonds. The van der Waals surface area contributed by atoms with Crippen LogP contribution in [0.15, 0.2) is 24.3 Å². The lowest BCUT2D eigenvalue weighted by Crippen LogP contribution is -2.15. The van der Waals surface area contributed by atoms with Gasteiger partial charge in [-0.3, -0.25) is 0 Å². The minimum Gasteiger partial charge on any atom is -0.378 e. The summed E-state index contributed by atoms with van der Waals surface area (Å²) in [5.74, 6) is -0.300. The van der Waals surface area contributed by atoms with Crippen molar-refractivity contribution in [2.75, 3.05) is 5.32 Å². The van der Waals surface area contributed by atoms with Crippen LogP contribution in [0.3, 0.4) is 0 Å². The predicted molar refractivity (Wildman–Crippen MR) is 87.7 cm³/mol. The van der Waals surface area contributed by atoms with E-state index in [0.29, 0.717) is 5.02 Å². The van der Waals surface area contributed by atoms with E-state index in [2.05, 4.69) is 34.0 Å². The van der Waals surface area contributed by atoms with Crippen molar-refractivity contribution < 1.29 is 4.39 Å². The molecular formula is C14H12ClFINS. The third kappa shape index (κ3) is 3.06. The van der Waals surface area contributed by atoms with Gasteiger partial charge in [0.2, 0.25) is 0 Å². The fourth-order valence-corrected chi connectivity index (χ4v) is 4.85. The first-order valence-electron chi connectivity index (χ1n) is 6.12. The summed E-state index contributed by atoms with van der Waals surface area (Å²) in [6.07, 6.45) is 3.41. The van der Waals surface area contributed by atoms with E-state index in [0.717, 1.165) is 18.5 Å². The SMILES string of the molecule is Fc1cc(Cl)cc(NC2CCCc3sc(I)cc32)c1. The lowest BCUT2D eigenvalue weighted by Gasteiger charge is -2.24. The molecular weight excluding hydrogens is 396 g/mol. The Bertz CT molecular complexity index is 593. The number of nitrogens with one attached hydrogen (secondary N) is 1. The summed E-state index contributed by atoms with van der Waals surface area (Å²) < 4.78 is 14.7. The quantitative estimate of drug-likeness (QED) is 0.636. The Morgan fingerprint density at radius 2 is 2.16 bits per heavy atom. The Kier molecular flexibility index (Phi) is 4.01. The largest absolute Gasteiger partial charge is 0.378 e. The third-order valence-electron chi connectivity index (χ3n) is 3.29. The van der Waals surface area contributed by atoms with Gasteiger partial charge in [0.25, 0.3) is 0 Å². The summed E-state index contributed by atoms with van der Waals surface area (Å²) in [5, 5.41) is 3.84. The number of hydrogen-bond acceptors (Lipinski definition) is 2. The Morgan fingerprint density at radius 1 is 1.32 bits per heavy atom. The van der Waals surface area contributed by atoms with Crippen molar-refractivity contribution in [3.05, 3.63) is 48.4 Å². The van der Waals surface area contributed by atoms with E-state index in [9.17, 15) is 4.39 Å². The zero-order chi connectivity index (χ0) is 13.4. The molecule has 100 valence electrons. The van der Waals surface area contributed by atoms with E-state index in [4.69, 9.17) is 11.6 Å². The van der Waals surface area contributed by atoms with Crippen molar-refractivity contribution in [1.29, 1.82) is 0 Å². The summed E-state index contributed by atoms with van der Waals surface area (Å²) in [6.45, 7) is 0. The van der Waals surface area contributed by atoms with E-state index < -0.39 is 0 Å². The lowest BCUT2D eigenvalue weighted by atomic mass is 9.94. The summed E-state index contributed by atoms with van der Waals surface area (Å²) in [7, 11) is 0. The number of fused-ring (bicyclic) bond motifs is 1. The molecule has 1 aliphatic rings. The average Bonchev–Trinajstić information content (AvgIpc) is 2.69.